The fourth-order valence-electron chi connectivity index (χ4n) is 2.15. The zero-order chi connectivity index (χ0) is 20.2. The molecule has 0 spiro atoms. The Labute approximate surface area is 151 Å². The third-order valence-corrected chi connectivity index (χ3v) is 3.54. The van der Waals surface area contributed by atoms with Crippen molar-refractivity contribution in [3.8, 4) is 5.75 Å². The largest absolute Gasteiger partial charge is 0.491 e. The van der Waals surface area contributed by atoms with Gasteiger partial charge in [-0.05, 0) is 43.3 Å². The number of hydrogen-bond acceptors (Lipinski definition) is 5. The Hall–Kier alpha value is -2.88. The van der Waals surface area contributed by atoms with Gasteiger partial charge in [0.25, 0.3) is 5.69 Å². The van der Waals surface area contributed by atoms with Crippen LogP contribution in [-0.2, 0) is 6.18 Å². The van der Waals surface area contributed by atoms with E-state index in [-0.39, 0.29) is 18.8 Å². The lowest BCUT2D eigenvalue weighted by atomic mass is 10.1. The Balaban J connectivity index is 2.03. The van der Waals surface area contributed by atoms with Crippen LogP contribution in [-0.4, -0.2) is 28.8 Å². The van der Waals surface area contributed by atoms with Crippen molar-refractivity contribution < 1.29 is 32.3 Å². The van der Waals surface area contributed by atoms with Gasteiger partial charge in [0, 0.05) is 18.3 Å². The van der Waals surface area contributed by atoms with Gasteiger partial charge in [-0.15, -0.1) is 0 Å². The van der Waals surface area contributed by atoms with Crippen LogP contribution in [0.15, 0.2) is 42.5 Å². The minimum absolute atomic E-state index is 0.0463. The zero-order valence-corrected chi connectivity index (χ0v) is 14.1. The number of halogens is 4. The number of alkyl halides is 3. The summed E-state index contributed by atoms with van der Waals surface area (Å²) in [5.41, 5.74) is -3.97. The number of benzene rings is 2. The molecule has 0 bridgehead atoms. The van der Waals surface area contributed by atoms with E-state index in [9.17, 15) is 32.8 Å². The van der Waals surface area contributed by atoms with E-state index in [1.54, 1.807) is 0 Å². The highest BCUT2D eigenvalue weighted by atomic mass is 19.4. The molecule has 2 N–H and O–H groups in total. The standard InChI is InChI=1S/C17H16F4N2O4/c1-16(24,10-27-13-5-2-11(18)3-6-13)9-22-12-4-7-15(23(25)26)14(8-12)17(19,20)21/h2-8,22,24H,9-10H2,1H3/t16-/m1/s1. The second-order valence-corrected chi connectivity index (χ2v) is 6.08. The van der Waals surface area contributed by atoms with Crippen LogP contribution in [0.5, 0.6) is 5.75 Å². The van der Waals surface area contributed by atoms with E-state index < -0.39 is 33.8 Å². The van der Waals surface area contributed by atoms with Crippen LogP contribution in [0.25, 0.3) is 0 Å². The van der Waals surface area contributed by atoms with Gasteiger partial charge in [0.1, 0.15) is 29.3 Å². The van der Waals surface area contributed by atoms with E-state index in [0.717, 1.165) is 12.1 Å². The quantitative estimate of drug-likeness (QED) is 0.426. The van der Waals surface area contributed by atoms with Crippen molar-refractivity contribution in [1.29, 1.82) is 0 Å². The lowest BCUT2D eigenvalue weighted by Gasteiger charge is -2.24. The molecule has 0 radical (unpaired) electrons. The maximum absolute atomic E-state index is 13.0. The van der Waals surface area contributed by atoms with Crippen LogP contribution < -0.4 is 10.1 Å². The van der Waals surface area contributed by atoms with E-state index in [0.29, 0.717) is 11.8 Å². The predicted molar refractivity (Wildman–Crippen MR) is 89.1 cm³/mol. The molecule has 0 aliphatic heterocycles. The molecular formula is C17H16F4N2O4. The topological polar surface area (TPSA) is 84.6 Å². The molecule has 2 rings (SSSR count). The zero-order valence-electron chi connectivity index (χ0n) is 14.1. The minimum Gasteiger partial charge on any atom is -0.491 e. The number of nitrogens with one attached hydrogen (secondary N) is 1. The average molecular weight is 388 g/mol. The van der Waals surface area contributed by atoms with Crippen LogP contribution >= 0.6 is 0 Å². The molecular weight excluding hydrogens is 372 g/mol. The Morgan fingerprint density at radius 1 is 1.19 bits per heavy atom. The molecule has 0 aliphatic carbocycles. The second-order valence-electron chi connectivity index (χ2n) is 6.08. The third-order valence-electron chi connectivity index (χ3n) is 3.54. The molecule has 0 saturated carbocycles. The molecule has 146 valence electrons. The summed E-state index contributed by atoms with van der Waals surface area (Å²) in [5, 5.41) is 23.6. The summed E-state index contributed by atoms with van der Waals surface area (Å²) < 4.78 is 57.1. The van der Waals surface area contributed by atoms with Crippen LogP contribution in [0.4, 0.5) is 28.9 Å². The monoisotopic (exact) mass is 388 g/mol. The lowest BCUT2D eigenvalue weighted by molar-refractivity contribution is -0.388. The third kappa shape index (κ3) is 5.81. The van der Waals surface area contributed by atoms with E-state index in [1.165, 1.54) is 31.2 Å². The second kappa shape index (κ2) is 7.78. The Kier molecular flexibility index (Phi) is 5.89. The van der Waals surface area contributed by atoms with Gasteiger partial charge in [-0.1, -0.05) is 0 Å². The summed E-state index contributed by atoms with van der Waals surface area (Å²) >= 11 is 0. The number of anilines is 1. The first-order valence-corrected chi connectivity index (χ1v) is 7.68. The molecule has 0 fully saturated rings. The van der Waals surface area contributed by atoms with Gasteiger partial charge in [0.15, 0.2) is 0 Å². The van der Waals surface area contributed by atoms with Crippen molar-refractivity contribution in [2.75, 3.05) is 18.5 Å². The van der Waals surface area contributed by atoms with Gasteiger partial charge >= 0.3 is 6.18 Å². The number of nitrogens with zero attached hydrogens (tertiary/aromatic N) is 1. The van der Waals surface area contributed by atoms with E-state index in [2.05, 4.69) is 5.32 Å². The summed E-state index contributed by atoms with van der Waals surface area (Å²) in [7, 11) is 0. The van der Waals surface area contributed by atoms with E-state index in [1.807, 2.05) is 0 Å². The van der Waals surface area contributed by atoms with Gasteiger partial charge in [0.05, 0.1) is 4.92 Å². The first kappa shape index (κ1) is 20.4. The molecule has 0 aromatic heterocycles. The molecule has 10 heteroatoms. The maximum atomic E-state index is 13.0. The summed E-state index contributed by atoms with van der Waals surface area (Å²) in [5.74, 6) is -0.138. The van der Waals surface area contributed by atoms with Crippen LogP contribution in [0.2, 0.25) is 0 Å². The Morgan fingerprint density at radius 3 is 2.37 bits per heavy atom. The van der Waals surface area contributed by atoms with E-state index in [4.69, 9.17) is 4.74 Å². The Bertz CT molecular complexity index is 808. The normalized spacial score (nSPS) is 13.7. The first-order chi connectivity index (χ1) is 12.5. The Morgan fingerprint density at radius 2 is 1.81 bits per heavy atom. The van der Waals surface area contributed by atoms with Gasteiger partial charge in [-0.2, -0.15) is 13.2 Å². The molecule has 2 aromatic rings. The van der Waals surface area contributed by atoms with Gasteiger partial charge < -0.3 is 15.2 Å². The summed E-state index contributed by atoms with van der Waals surface area (Å²) in [4.78, 5) is 9.63. The molecule has 0 unspecified atom stereocenters. The fourth-order valence-corrected chi connectivity index (χ4v) is 2.15. The van der Waals surface area contributed by atoms with Crippen LogP contribution in [0.1, 0.15) is 12.5 Å². The molecule has 27 heavy (non-hydrogen) atoms. The van der Waals surface area contributed by atoms with Crippen molar-refractivity contribution in [1.82, 2.24) is 0 Å². The summed E-state index contributed by atoms with van der Waals surface area (Å²) in [6.07, 6.45) is -4.89. The lowest BCUT2D eigenvalue weighted by Crippen LogP contribution is -2.39. The number of nitro benzene ring substituents is 1. The summed E-state index contributed by atoms with van der Waals surface area (Å²) in [6.45, 7) is 0.980. The predicted octanol–water partition coefficient (Wildman–Crippen LogP) is 3.99. The molecule has 0 aliphatic rings. The highest BCUT2D eigenvalue weighted by Crippen LogP contribution is 2.37. The highest BCUT2D eigenvalue weighted by molar-refractivity contribution is 5.55. The van der Waals surface area contributed by atoms with Crippen molar-refractivity contribution in [3.63, 3.8) is 0 Å². The van der Waals surface area contributed by atoms with Gasteiger partial charge in [-0.25, -0.2) is 4.39 Å². The number of ether oxygens (including phenoxy) is 1. The number of hydrogen-bond donors (Lipinski definition) is 2. The molecule has 2 aromatic carbocycles. The van der Waals surface area contributed by atoms with Crippen molar-refractivity contribution >= 4 is 11.4 Å². The smallest absolute Gasteiger partial charge is 0.423 e. The number of aliphatic hydroxyl groups is 1. The van der Waals surface area contributed by atoms with Crippen LogP contribution in [0.3, 0.4) is 0 Å². The van der Waals surface area contributed by atoms with Gasteiger partial charge in [0.2, 0.25) is 0 Å². The fraction of sp³-hybridized carbons (Fsp3) is 0.294. The molecule has 0 saturated heterocycles. The van der Waals surface area contributed by atoms with Crippen molar-refractivity contribution in [3.05, 3.63) is 64.0 Å². The summed E-state index contributed by atoms with van der Waals surface area (Å²) in [6, 6.07) is 7.56. The van der Waals surface area contributed by atoms with E-state index >= 15 is 0 Å². The molecule has 0 amide bonds. The number of nitro groups is 1. The average Bonchev–Trinajstić information content (AvgIpc) is 2.58. The molecule has 1 atom stereocenters. The number of rotatable bonds is 7. The molecule has 0 heterocycles. The first-order valence-electron chi connectivity index (χ1n) is 7.68. The van der Waals surface area contributed by atoms with Gasteiger partial charge in [-0.3, -0.25) is 10.1 Å². The van der Waals surface area contributed by atoms with Crippen LogP contribution in [0, 0.1) is 15.9 Å². The highest BCUT2D eigenvalue weighted by Gasteiger charge is 2.38. The van der Waals surface area contributed by atoms with Crippen molar-refractivity contribution in [2.24, 2.45) is 0 Å². The van der Waals surface area contributed by atoms with Crippen molar-refractivity contribution in [2.45, 2.75) is 18.7 Å². The maximum Gasteiger partial charge on any atom is 0.423 e. The minimum atomic E-state index is -4.89. The molecule has 6 nitrogen and oxygen atoms in total. The SMILES string of the molecule is C[C@@](O)(CNc1ccc([N+](=O)[O-])c(C(F)(F)F)c1)COc1ccc(F)cc1.